The van der Waals surface area contributed by atoms with E-state index < -0.39 is 0 Å². The average molecular weight is 315 g/mol. The van der Waals surface area contributed by atoms with Crippen LogP contribution in [0.1, 0.15) is 52.4 Å². The topological polar surface area (TPSA) is 9.23 Å². The SMILES string of the molecule is CCCCCCCCOCC1C=CC(Br)=CC1C. The van der Waals surface area contributed by atoms with Gasteiger partial charge in [0.25, 0.3) is 0 Å². The zero-order chi connectivity index (χ0) is 13.2. The van der Waals surface area contributed by atoms with E-state index in [1.807, 2.05) is 0 Å². The lowest BCUT2D eigenvalue weighted by Gasteiger charge is -2.21. The lowest BCUT2D eigenvalue weighted by atomic mass is 9.91. The standard InChI is InChI=1S/C16H27BrO/c1-3-4-5-6-7-8-11-18-13-15-9-10-16(17)12-14(15)2/h9-10,12,14-15H,3-8,11,13H2,1-2H3. The van der Waals surface area contributed by atoms with Crippen molar-refractivity contribution in [2.45, 2.75) is 52.4 Å². The molecule has 0 N–H and O–H groups in total. The van der Waals surface area contributed by atoms with Crippen LogP contribution in [0.25, 0.3) is 0 Å². The van der Waals surface area contributed by atoms with Crippen LogP contribution in [0.5, 0.6) is 0 Å². The molecule has 1 nitrogen and oxygen atoms in total. The molecule has 0 aliphatic heterocycles. The van der Waals surface area contributed by atoms with E-state index in [4.69, 9.17) is 4.74 Å². The second-order valence-corrected chi connectivity index (χ2v) is 6.19. The van der Waals surface area contributed by atoms with E-state index in [2.05, 4.69) is 48.0 Å². The molecule has 0 fully saturated rings. The van der Waals surface area contributed by atoms with Crippen LogP contribution in [0, 0.1) is 11.8 Å². The van der Waals surface area contributed by atoms with Crippen LogP contribution in [-0.2, 0) is 4.74 Å². The number of unbranched alkanes of at least 4 members (excludes halogenated alkanes) is 5. The van der Waals surface area contributed by atoms with Crippen LogP contribution in [0.2, 0.25) is 0 Å². The Bertz CT molecular complexity index is 270. The second kappa shape index (κ2) is 9.80. The van der Waals surface area contributed by atoms with Crippen molar-refractivity contribution in [1.82, 2.24) is 0 Å². The molecular weight excluding hydrogens is 288 g/mol. The van der Waals surface area contributed by atoms with Crippen LogP contribution in [0.3, 0.4) is 0 Å². The van der Waals surface area contributed by atoms with Gasteiger partial charge < -0.3 is 4.74 Å². The highest BCUT2D eigenvalue weighted by molar-refractivity contribution is 9.11. The molecular formula is C16H27BrO. The number of halogens is 1. The van der Waals surface area contributed by atoms with Gasteiger partial charge in [-0.05, 0) is 12.3 Å². The van der Waals surface area contributed by atoms with Crippen LogP contribution in [0.15, 0.2) is 22.7 Å². The Balaban J connectivity index is 1.97. The van der Waals surface area contributed by atoms with Gasteiger partial charge in [-0.25, -0.2) is 0 Å². The maximum atomic E-state index is 5.79. The van der Waals surface area contributed by atoms with Gasteiger partial charge in [0, 0.05) is 17.0 Å². The Kier molecular flexibility index (Phi) is 8.70. The van der Waals surface area contributed by atoms with Crippen molar-refractivity contribution in [3.63, 3.8) is 0 Å². The van der Waals surface area contributed by atoms with E-state index in [9.17, 15) is 0 Å². The molecule has 1 rings (SSSR count). The molecule has 2 heteroatoms. The quantitative estimate of drug-likeness (QED) is 0.513. The first kappa shape index (κ1) is 16.0. The summed E-state index contributed by atoms with van der Waals surface area (Å²) in [5, 5.41) is 0. The molecule has 0 spiro atoms. The van der Waals surface area contributed by atoms with Gasteiger partial charge in [0.1, 0.15) is 0 Å². The van der Waals surface area contributed by atoms with Crippen molar-refractivity contribution in [2.24, 2.45) is 11.8 Å². The fourth-order valence-corrected chi connectivity index (χ4v) is 2.80. The molecule has 0 amide bonds. The van der Waals surface area contributed by atoms with Gasteiger partial charge in [0.15, 0.2) is 0 Å². The van der Waals surface area contributed by atoms with E-state index in [0.717, 1.165) is 13.2 Å². The van der Waals surface area contributed by atoms with E-state index in [1.165, 1.54) is 43.0 Å². The smallest absolute Gasteiger partial charge is 0.0534 e. The zero-order valence-corrected chi connectivity index (χ0v) is 13.4. The predicted molar refractivity (Wildman–Crippen MR) is 83.0 cm³/mol. The van der Waals surface area contributed by atoms with Crippen molar-refractivity contribution in [3.8, 4) is 0 Å². The Morgan fingerprint density at radius 2 is 1.89 bits per heavy atom. The second-order valence-electron chi connectivity index (χ2n) is 5.28. The molecule has 0 aromatic heterocycles. The number of hydrogen-bond donors (Lipinski definition) is 0. The monoisotopic (exact) mass is 314 g/mol. The molecule has 0 heterocycles. The summed E-state index contributed by atoms with van der Waals surface area (Å²) >= 11 is 3.51. The molecule has 0 saturated carbocycles. The Morgan fingerprint density at radius 1 is 1.17 bits per heavy atom. The lowest BCUT2D eigenvalue weighted by molar-refractivity contribution is 0.0989. The van der Waals surface area contributed by atoms with Crippen molar-refractivity contribution >= 4 is 15.9 Å². The third kappa shape index (κ3) is 6.75. The molecule has 0 saturated heterocycles. The first-order chi connectivity index (χ1) is 8.74. The summed E-state index contributed by atoms with van der Waals surface area (Å²) in [5.41, 5.74) is 0. The van der Waals surface area contributed by atoms with E-state index in [-0.39, 0.29) is 0 Å². The minimum atomic E-state index is 0.548. The average Bonchev–Trinajstić information content (AvgIpc) is 2.35. The first-order valence-corrected chi connectivity index (χ1v) is 8.16. The summed E-state index contributed by atoms with van der Waals surface area (Å²) in [5.74, 6) is 1.13. The Hall–Kier alpha value is -0.0800. The fraction of sp³-hybridized carbons (Fsp3) is 0.750. The molecule has 0 aromatic carbocycles. The molecule has 104 valence electrons. The van der Waals surface area contributed by atoms with Crippen molar-refractivity contribution in [1.29, 1.82) is 0 Å². The van der Waals surface area contributed by atoms with Crippen LogP contribution in [-0.4, -0.2) is 13.2 Å². The van der Waals surface area contributed by atoms with Gasteiger partial charge in [-0.3, -0.25) is 0 Å². The predicted octanol–water partition coefficient (Wildman–Crippen LogP) is 5.46. The zero-order valence-electron chi connectivity index (χ0n) is 11.8. The van der Waals surface area contributed by atoms with Gasteiger partial charge in [-0.1, -0.05) is 80.1 Å². The molecule has 0 aromatic rings. The highest BCUT2D eigenvalue weighted by atomic mass is 79.9. The Labute approximate surface area is 121 Å². The van der Waals surface area contributed by atoms with Gasteiger partial charge in [-0.15, -0.1) is 0 Å². The van der Waals surface area contributed by atoms with Gasteiger partial charge in [-0.2, -0.15) is 0 Å². The fourth-order valence-electron chi connectivity index (χ4n) is 2.23. The third-order valence-electron chi connectivity index (χ3n) is 3.55. The molecule has 2 unspecified atom stereocenters. The molecule has 1 aliphatic carbocycles. The van der Waals surface area contributed by atoms with Crippen molar-refractivity contribution in [2.75, 3.05) is 13.2 Å². The minimum absolute atomic E-state index is 0.548. The summed E-state index contributed by atoms with van der Waals surface area (Å²) in [7, 11) is 0. The maximum absolute atomic E-state index is 5.79. The van der Waals surface area contributed by atoms with Crippen molar-refractivity contribution < 1.29 is 4.74 Å². The van der Waals surface area contributed by atoms with E-state index in [0.29, 0.717) is 11.8 Å². The summed E-state index contributed by atoms with van der Waals surface area (Å²) in [4.78, 5) is 0. The molecule has 18 heavy (non-hydrogen) atoms. The van der Waals surface area contributed by atoms with Crippen LogP contribution in [0.4, 0.5) is 0 Å². The summed E-state index contributed by atoms with van der Waals surface area (Å²) in [6.07, 6.45) is 14.7. The summed E-state index contributed by atoms with van der Waals surface area (Å²) in [6, 6.07) is 0. The molecule has 2 atom stereocenters. The summed E-state index contributed by atoms with van der Waals surface area (Å²) < 4.78 is 6.99. The molecule has 0 radical (unpaired) electrons. The van der Waals surface area contributed by atoms with Gasteiger partial charge in [0.2, 0.25) is 0 Å². The van der Waals surface area contributed by atoms with E-state index >= 15 is 0 Å². The van der Waals surface area contributed by atoms with Gasteiger partial charge in [0.05, 0.1) is 6.61 Å². The third-order valence-corrected chi connectivity index (χ3v) is 4.08. The number of rotatable bonds is 9. The lowest BCUT2D eigenvalue weighted by Crippen LogP contribution is -2.17. The minimum Gasteiger partial charge on any atom is -0.381 e. The van der Waals surface area contributed by atoms with E-state index in [1.54, 1.807) is 0 Å². The highest BCUT2D eigenvalue weighted by Crippen LogP contribution is 2.25. The molecule has 0 bridgehead atoms. The number of allylic oxidation sites excluding steroid dienone is 3. The largest absolute Gasteiger partial charge is 0.381 e. The van der Waals surface area contributed by atoms with Crippen LogP contribution < -0.4 is 0 Å². The van der Waals surface area contributed by atoms with Crippen molar-refractivity contribution in [3.05, 3.63) is 22.7 Å². The van der Waals surface area contributed by atoms with Gasteiger partial charge >= 0.3 is 0 Å². The first-order valence-electron chi connectivity index (χ1n) is 7.37. The highest BCUT2D eigenvalue weighted by Gasteiger charge is 2.15. The number of ether oxygens (including phenoxy) is 1. The number of hydrogen-bond acceptors (Lipinski definition) is 1. The summed E-state index contributed by atoms with van der Waals surface area (Å²) in [6.45, 7) is 6.30. The Morgan fingerprint density at radius 3 is 2.61 bits per heavy atom. The molecule has 1 aliphatic rings. The normalized spacial score (nSPS) is 23.2. The maximum Gasteiger partial charge on any atom is 0.0534 e. The van der Waals surface area contributed by atoms with Crippen LogP contribution >= 0.6 is 15.9 Å².